The summed E-state index contributed by atoms with van der Waals surface area (Å²) in [5.74, 6) is 0. The number of likely N-dealkylation sites (tertiary alicyclic amines) is 1. The Labute approximate surface area is 117 Å². The van der Waals surface area contributed by atoms with Gasteiger partial charge in [0.2, 0.25) is 0 Å². The molecule has 1 saturated heterocycles. The molecular formula is C15H24ClNSi. The molecule has 100 valence electrons. The Morgan fingerprint density at radius 2 is 1.67 bits per heavy atom. The van der Waals surface area contributed by atoms with Gasteiger partial charge in [-0.25, -0.2) is 0 Å². The van der Waals surface area contributed by atoms with Crippen molar-refractivity contribution in [3.05, 3.63) is 34.9 Å². The van der Waals surface area contributed by atoms with E-state index in [1.807, 2.05) is 12.1 Å². The summed E-state index contributed by atoms with van der Waals surface area (Å²) in [7, 11) is -1.17. The molecule has 2 rings (SSSR count). The van der Waals surface area contributed by atoms with Gasteiger partial charge in [-0.05, 0) is 50.3 Å². The van der Waals surface area contributed by atoms with Crippen LogP contribution in [0.15, 0.2) is 24.3 Å². The average molecular weight is 282 g/mol. The fraction of sp³-hybridized carbons (Fsp3) is 0.600. The van der Waals surface area contributed by atoms with E-state index >= 15 is 0 Å². The summed E-state index contributed by atoms with van der Waals surface area (Å²) in [6, 6.07) is 9.67. The summed E-state index contributed by atoms with van der Waals surface area (Å²) in [6.07, 6.45) is 5.56. The normalized spacial score (nSPS) is 17.9. The van der Waals surface area contributed by atoms with Crippen LogP contribution in [-0.4, -0.2) is 32.2 Å². The SMILES string of the molecule is C[Si](C)(Cc1ccc(Cl)cc1)CN1CCCCC1. The minimum Gasteiger partial charge on any atom is -0.306 e. The highest BCUT2D eigenvalue weighted by Crippen LogP contribution is 2.18. The second-order valence-electron chi connectivity index (χ2n) is 6.30. The van der Waals surface area contributed by atoms with Crippen molar-refractivity contribution in [3.63, 3.8) is 0 Å². The molecule has 1 aliphatic rings. The molecule has 3 heteroatoms. The van der Waals surface area contributed by atoms with Gasteiger partial charge >= 0.3 is 0 Å². The van der Waals surface area contributed by atoms with Gasteiger partial charge in [-0.1, -0.05) is 48.8 Å². The molecule has 0 spiro atoms. The van der Waals surface area contributed by atoms with Gasteiger partial charge < -0.3 is 4.90 Å². The van der Waals surface area contributed by atoms with Crippen LogP contribution in [0.2, 0.25) is 18.1 Å². The van der Waals surface area contributed by atoms with Gasteiger partial charge in [0.25, 0.3) is 0 Å². The summed E-state index contributed by atoms with van der Waals surface area (Å²) in [6.45, 7) is 7.65. The van der Waals surface area contributed by atoms with Crippen LogP contribution in [-0.2, 0) is 6.04 Å². The van der Waals surface area contributed by atoms with E-state index in [1.54, 1.807) is 0 Å². The highest BCUT2D eigenvalue weighted by molar-refractivity contribution is 6.77. The lowest BCUT2D eigenvalue weighted by atomic mass is 10.1. The number of halogens is 1. The summed E-state index contributed by atoms with van der Waals surface area (Å²) in [4.78, 5) is 2.69. The molecule has 1 heterocycles. The third kappa shape index (κ3) is 4.41. The molecule has 1 fully saturated rings. The highest BCUT2D eigenvalue weighted by atomic mass is 35.5. The van der Waals surface area contributed by atoms with E-state index in [2.05, 4.69) is 30.1 Å². The van der Waals surface area contributed by atoms with Crippen molar-refractivity contribution in [1.82, 2.24) is 4.90 Å². The fourth-order valence-corrected chi connectivity index (χ4v) is 6.04. The Morgan fingerprint density at radius 1 is 1.06 bits per heavy atom. The summed E-state index contributed by atoms with van der Waals surface area (Å²) in [5, 5.41) is 0.842. The molecule has 0 aromatic heterocycles. The quantitative estimate of drug-likeness (QED) is 0.749. The van der Waals surface area contributed by atoms with Gasteiger partial charge in [-0.2, -0.15) is 0 Å². The zero-order valence-corrected chi connectivity index (χ0v) is 13.3. The molecular weight excluding hydrogens is 258 g/mol. The third-order valence-electron chi connectivity index (χ3n) is 3.70. The van der Waals surface area contributed by atoms with E-state index < -0.39 is 8.07 Å². The maximum atomic E-state index is 5.94. The van der Waals surface area contributed by atoms with E-state index in [0.29, 0.717) is 0 Å². The van der Waals surface area contributed by atoms with E-state index in [-0.39, 0.29) is 0 Å². The molecule has 0 bridgehead atoms. The maximum Gasteiger partial charge on any atom is 0.0672 e. The van der Waals surface area contributed by atoms with Crippen LogP contribution in [0.5, 0.6) is 0 Å². The Bertz CT molecular complexity index is 369. The summed E-state index contributed by atoms with van der Waals surface area (Å²) in [5.41, 5.74) is 1.45. The first kappa shape index (κ1) is 14.1. The number of benzene rings is 1. The standard InChI is InChI=1S/C15H24ClNSi/c1-18(2,13-17-10-4-3-5-11-17)12-14-6-8-15(16)9-7-14/h6-9H,3-5,10-13H2,1-2H3. The predicted octanol–water partition coefficient (Wildman–Crippen LogP) is 4.16. The van der Waals surface area contributed by atoms with Gasteiger partial charge in [-0.3, -0.25) is 0 Å². The molecule has 0 radical (unpaired) electrons. The Balaban J connectivity index is 1.91. The second kappa shape index (κ2) is 6.22. The Morgan fingerprint density at radius 3 is 2.28 bits per heavy atom. The lowest BCUT2D eigenvalue weighted by molar-refractivity contribution is 0.258. The van der Waals surface area contributed by atoms with E-state index in [1.165, 1.54) is 50.1 Å². The Hall–Kier alpha value is -0.313. The molecule has 1 aromatic carbocycles. The lowest BCUT2D eigenvalue weighted by Crippen LogP contribution is -2.46. The molecule has 0 atom stereocenters. The predicted molar refractivity (Wildman–Crippen MR) is 82.9 cm³/mol. The first-order valence-electron chi connectivity index (χ1n) is 7.02. The summed E-state index contributed by atoms with van der Waals surface area (Å²) < 4.78 is 0. The van der Waals surface area contributed by atoms with Crippen molar-refractivity contribution >= 4 is 19.7 Å². The van der Waals surface area contributed by atoms with Crippen molar-refractivity contribution in [3.8, 4) is 0 Å². The van der Waals surface area contributed by atoms with E-state index in [0.717, 1.165) is 5.02 Å². The van der Waals surface area contributed by atoms with Gasteiger partial charge in [0.15, 0.2) is 0 Å². The van der Waals surface area contributed by atoms with Crippen LogP contribution >= 0.6 is 11.6 Å². The van der Waals surface area contributed by atoms with Gasteiger partial charge in [0.05, 0.1) is 8.07 Å². The summed E-state index contributed by atoms with van der Waals surface area (Å²) >= 11 is 5.94. The zero-order chi connectivity index (χ0) is 13.0. The van der Waals surface area contributed by atoms with E-state index in [9.17, 15) is 0 Å². The van der Waals surface area contributed by atoms with Crippen LogP contribution in [0.1, 0.15) is 24.8 Å². The van der Waals surface area contributed by atoms with Gasteiger partial charge in [0.1, 0.15) is 0 Å². The molecule has 18 heavy (non-hydrogen) atoms. The van der Waals surface area contributed by atoms with Gasteiger partial charge in [-0.15, -0.1) is 0 Å². The topological polar surface area (TPSA) is 3.24 Å². The van der Waals surface area contributed by atoms with Crippen molar-refractivity contribution in [2.45, 2.75) is 38.4 Å². The van der Waals surface area contributed by atoms with Gasteiger partial charge in [0, 0.05) is 5.02 Å². The molecule has 0 saturated carbocycles. The Kier molecular flexibility index (Phi) is 4.88. The van der Waals surface area contributed by atoms with Crippen molar-refractivity contribution in [2.24, 2.45) is 0 Å². The lowest BCUT2D eigenvalue weighted by Gasteiger charge is -2.33. The third-order valence-corrected chi connectivity index (χ3v) is 6.62. The van der Waals surface area contributed by atoms with E-state index in [4.69, 9.17) is 11.6 Å². The maximum absolute atomic E-state index is 5.94. The van der Waals surface area contributed by atoms with Crippen molar-refractivity contribution in [2.75, 3.05) is 19.3 Å². The minimum absolute atomic E-state index is 0.842. The first-order chi connectivity index (χ1) is 8.55. The zero-order valence-electron chi connectivity index (χ0n) is 11.6. The highest BCUT2D eigenvalue weighted by Gasteiger charge is 2.25. The van der Waals surface area contributed by atoms with Crippen LogP contribution in [0, 0.1) is 0 Å². The number of rotatable bonds is 4. The number of hydrogen-bond acceptors (Lipinski definition) is 1. The fourth-order valence-electron chi connectivity index (χ4n) is 2.93. The first-order valence-corrected chi connectivity index (χ1v) is 10.8. The monoisotopic (exact) mass is 281 g/mol. The number of piperidine rings is 1. The van der Waals surface area contributed by atoms with Crippen molar-refractivity contribution < 1.29 is 0 Å². The average Bonchev–Trinajstić information content (AvgIpc) is 2.32. The molecule has 1 aliphatic heterocycles. The molecule has 0 unspecified atom stereocenters. The second-order valence-corrected chi connectivity index (χ2v) is 11.7. The molecule has 0 aliphatic carbocycles. The minimum atomic E-state index is -1.17. The van der Waals surface area contributed by atoms with Crippen molar-refractivity contribution in [1.29, 1.82) is 0 Å². The van der Waals surface area contributed by atoms with Crippen LogP contribution in [0.25, 0.3) is 0 Å². The largest absolute Gasteiger partial charge is 0.306 e. The number of nitrogens with zero attached hydrogens (tertiary/aromatic N) is 1. The van der Waals surface area contributed by atoms with Crippen LogP contribution in [0.3, 0.4) is 0 Å². The molecule has 0 N–H and O–H groups in total. The van der Waals surface area contributed by atoms with Crippen LogP contribution in [0.4, 0.5) is 0 Å². The molecule has 1 nitrogen and oxygen atoms in total. The molecule has 0 amide bonds. The molecule has 1 aromatic rings. The smallest absolute Gasteiger partial charge is 0.0672 e. The number of hydrogen-bond donors (Lipinski definition) is 0. The van der Waals surface area contributed by atoms with Crippen LogP contribution < -0.4 is 0 Å².